The van der Waals surface area contributed by atoms with E-state index in [1.807, 2.05) is 27.7 Å². The summed E-state index contributed by atoms with van der Waals surface area (Å²) < 4.78 is 54.0. The third kappa shape index (κ3) is 4.26. The molecule has 0 aliphatic carbocycles. The van der Waals surface area contributed by atoms with Gasteiger partial charge in [-0.2, -0.15) is 0 Å². The van der Waals surface area contributed by atoms with E-state index in [1.54, 1.807) is 48.5 Å². The highest BCUT2D eigenvalue weighted by atomic mass is 32.2. The molecule has 0 N–H and O–H groups in total. The van der Waals surface area contributed by atoms with Crippen LogP contribution in [-0.4, -0.2) is 32.4 Å². The molecule has 1 aliphatic rings. The van der Waals surface area contributed by atoms with Crippen LogP contribution in [0.1, 0.15) is 31.4 Å². The quantitative estimate of drug-likeness (QED) is 0.712. The van der Waals surface area contributed by atoms with Crippen LogP contribution in [0.15, 0.2) is 70.6 Å². The Hall–Kier alpha value is -2.12. The van der Waals surface area contributed by atoms with Crippen molar-refractivity contribution in [3.8, 4) is 0 Å². The largest absolute Gasteiger partial charge is 0.270 e. The molecule has 3 rings (SSSR count). The lowest BCUT2D eigenvalue weighted by molar-refractivity contribution is 0.289. The van der Waals surface area contributed by atoms with Crippen molar-refractivity contribution in [2.24, 2.45) is 5.92 Å². The Bertz CT molecular complexity index is 1100. The number of rotatable bonds is 5. The standard InChI is InChI=1S/C22H27NO4S2/c1-16(2)22-15-21(28(24,25)19-9-5-17(3)6-10-19)13-14-23(22)29(26,27)20-11-7-18(4)8-12-20/h5-14,16,21-22H,15H2,1-4H3. The molecule has 0 saturated carbocycles. The molecular weight excluding hydrogens is 406 g/mol. The van der Waals surface area contributed by atoms with Gasteiger partial charge >= 0.3 is 0 Å². The first-order chi connectivity index (χ1) is 13.5. The molecule has 2 unspecified atom stereocenters. The number of hydrogen-bond acceptors (Lipinski definition) is 4. The topological polar surface area (TPSA) is 71.5 Å². The molecule has 0 bridgehead atoms. The SMILES string of the molecule is Cc1ccc(S(=O)(=O)C2C=CN(S(=O)(=O)c3ccc(C)cc3)C(C(C)C)C2)cc1. The zero-order valence-corrected chi connectivity index (χ0v) is 18.7. The molecule has 0 amide bonds. The van der Waals surface area contributed by atoms with Crippen LogP contribution in [0.2, 0.25) is 0 Å². The van der Waals surface area contributed by atoms with Crippen molar-refractivity contribution in [2.75, 3.05) is 0 Å². The van der Waals surface area contributed by atoms with E-state index in [0.717, 1.165) is 11.1 Å². The van der Waals surface area contributed by atoms with Crippen molar-refractivity contribution in [3.05, 3.63) is 71.9 Å². The highest BCUT2D eigenvalue weighted by Crippen LogP contribution is 2.33. The van der Waals surface area contributed by atoms with Crippen LogP contribution in [0, 0.1) is 19.8 Å². The molecular formula is C22H27NO4S2. The van der Waals surface area contributed by atoms with Crippen molar-refractivity contribution in [1.29, 1.82) is 0 Å². The molecule has 0 aromatic heterocycles. The van der Waals surface area contributed by atoms with Crippen LogP contribution in [0.4, 0.5) is 0 Å². The first-order valence-corrected chi connectivity index (χ1v) is 12.6. The van der Waals surface area contributed by atoms with Gasteiger partial charge in [0, 0.05) is 12.2 Å². The first-order valence-electron chi connectivity index (χ1n) is 9.62. The Labute approximate surface area is 174 Å². The fourth-order valence-electron chi connectivity index (χ4n) is 3.50. The van der Waals surface area contributed by atoms with E-state index in [1.165, 1.54) is 16.6 Å². The zero-order valence-electron chi connectivity index (χ0n) is 17.1. The zero-order chi connectivity index (χ0) is 21.4. The van der Waals surface area contributed by atoms with E-state index in [4.69, 9.17) is 0 Å². The summed E-state index contributed by atoms with van der Waals surface area (Å²) in [5.41, 5.74) is 1.96. The lowest BCUT2D eigenvalue weighted by Crippen LogP contribution is -2.45. The lowest BCUT2D eigenvalue weighted by Gasteiger charge is -2.37. The van der Waals surface area contributed by atoms with Crippen molar-refractivity contribution < 1.29 is 16.8 Å². The van der Waals surface area contributed by atoms with Gasteiger partial charge in [0.1, 0.15) is 0 Å². The average Bonchev–Trinajstić information content (AvgIpc) is 2.68. The second kappa shape index (κ2) is 7.95. The monoisotopic (exact) mass is 433 g/mol. The summed E-state index contributed by atoms with van der Waals surface area (Å²) in [5, 5.41) is -0.762. The number of hydrogen-bond donors (Lipinski definition) is 0. The molecule has 0 spiro atoms. The summed E-state index contributed by atoms with van der Waals surface area (Å²) in [6.07, 6.45) is 3.15. The van der Waals surface area contributed by atoms with Crippen molar-refractivity contribution in [2.45, 2.75) is 55.2 Å². The summed E-state index contributed by atoms with van der Waals surface area (Å²) in [6.45, 7) is 7.63. The van der Waals surface area contributed by atoms with Crippen LogP contribution in [0.25, 0.3) is 0 Å². The van der Waals surface area contributed by atoms with E-state index in [0.29, 0.717) is 0 Å². The highest BCUT2D eigenvalue weighted by Gasteiger charge is 2.39. The van der Waals surface area contributed by atoms with E-state index in [2.05, 4.69) is 0 Å². The Morgan fingerprint density at radius 3 is 1.79 bits per heavy atom. The van der Waals surface area contributed by atoms with E-state index in [9.17, 15) is 16.8 Å². The molecule has 5 nitrogen and oxygen atoms in total. The summed E-state index contributed by atoms with van der Waals surface area (Å²) in [4.78, 5) is 0.466. The summed E-state index contributed by atoms with van der Waals surface area (Å²) >= 11 is 0. The molecule has 7 heteroatoms. The van der Waals surface area contributed by atoms with E-state index >= 15 is 0 Å². The third-order valence-corrected chi connectivity index (χ3v) is 9.25. The number of benzene rings is 2. The number of sulfonamides is 1. The molecule has 1 heterocycles. The van der Waals surface area contributed by atoms with E-state index in [-0.39, 0.29) is 22.1 Å². The van der Waals surface area contributed by atoms with Gasteiger partial charge in [0.2, 0.25) is 0 Å². The van der Waals surface area contributed by atoms with Crippen LogP contribution < -0.4 is 0 Å². The molecule has 29 heavy (non-hydrogen) atoms. The second-order valence-electron chi connectivity index (χ2n) is 7.93. The molecule has 2 atom stereocenters. The minimum Gasteiger partial charge on any atom is -0.270 e. The van der Waals surface area contributed by atoms with Gasteiger partial charge in [-0.25, -0.2) is 16.8 Å². The van der Waals surface area contributed by atoms with Crippen LogP contribution in [0.5, 0.6) is 0 Å². The Kier molecular flexibility index (Phi) is 5.92. The predicted molar refractivity (Wildman–Crippen MR) is 115 cm³/mol. The van der Waals surface area contributed by atoms with Crippen LogP contribution in [-0.2, 0) is 19.9 Å². The minimum absolute atomic E-state index is 0.0455. The minimum atomic E-state index is -3.76. The van der Waals surface area contributed by atoms with Gasteiger partial charge < -0.3 is 0 Å². The van der Waals surface area contributed by atoms with Gasteiger partial charge in [0.25, 0.3) is 10.0 Å². The van der Waals surface area contributed by atoms with Gasteiger partial charge in [-0.1, -0.05) is 49.2 Å². The van der Waals surface area contributed by atoms with Crippen LogP contribution in [0.3, 0.4) is 0 Å². The maximum absolute atomic E-state index is 13.2. The Morgan fingerprint density at radius 2 is 1.31 bits per heavy atom. The number of sulfone groups is 1. The highest BCUT2D eigenvalue weighted by molar-refractivity contribution is 7.92. The smallest absolute Gasteiger partial charge is 0.264 e. The van der Waals surface area contributed by atoms with Gasteiger partial charge in [-0.05, 0) is 56.5 Å². The Morgan fingerprint density at radius 1 is 0.828 bits per heavy atom. The second-order valence-corrected chi connectivity index (χ2v) is 11.9. The van der Waals surface area contributed by atoms with Crippen molar-refractivity contribution in [3.63, 3.8) is 0 Å². The fraction of sp³-hybridized carbons (Fsp3) is 0.364. The summed E-state index contributed by atoms with van der Waals surface area (Å²) in [6, 6.07) is 13.0. The van der Waals surface area contributed by atoms with Crippen molar-refractivity contribution >= 4 is 19.9 Å². The third-order valence-electron chi connectivity index (χ3n) is 5.36. The number of nitrogens with zero attached hydrogens (tertiary/aromatic N) is 1. The molecule has 156 valence electrons. The van der Waals surface area contributed by atoms with Gasteiger partial charge in [0.15, 0.2) is 9.84 Å². The first kappa shape index (κ1) is 21.6. The fourth-order valence-corrected chi connectivity index (χ4v) is 6.73. The van der Waals surface area contributed by atoms with Gasteiger partial charge in [-0.3, -0.25) is 4.31 Å². The lowest BCUT2D eigenvalue weighted by atomic mass is 9.97. The predicted octanol–water partition coefficient (Wildman–Crippen LogP) is 4.08. The normalized spacial score (nSPS) is 20.2. The molecule has 2 aromatic carbocycles. The number of aryl methyl sites for hydroxylation is 2. The molecule has 0 saturated heterocycles. The van der Waals surface area contributed by atoms with Crippen LogP contribution >= 0.6 is 0 Å². The average molecular weight is 434 g/mol. The van der Waals surface area contributed by atoms with Gasteiger partial charge in [-0.15, -0.1) is 0 Å². The maximum atomic E-state index is 13.2. The molecule has 0 radical (unpaired) electrons. The maximum Gasteiger partial charge on any atom is 0.264 e. The molecule has 2 aromatic rings. The van der Waals surface area contributed by atoms with Gasteiger partial charge in [0.05, 0.1) is 15.0 Å². The van der Waals surface area contributed by atoms with Crippen molar-refractivity contribution in [1.82, 2.24) is 4.31 Å². The Balaban J connectivity index is 1.98. The molecule has 1 aliphatic heterocycles. The summed E-state index contributed by atoms with van der Waals surface area (Å²) in [5.74, 6) is -0.0455. The summed E-state index contributed by atoms with van der Waals surface area (Å²) in [7, 11) is -7.35. The molecule has 0 fully saturated rings. The van der Waals surface area contributed by atoms with E-state index < -0.39 is 31.2 Å².